The Kier molecular flexibility index (Phi) is 5.73. The molecule has 0 aliphatic carbocycles. The number of benzene rings is 1. The van der Waals surface area contributed by atoms with Crippen LogP contribution in [0.4, 0.5) is 0 Å². The second-order valence-electron chi connectivity index (χ2n) is 5.26. The lowest BCUT2D eigenvalue weighted by molar-refractivity contribution is -0.135. The molecule has 1 aliphatic rings. The number of ether oxygens (including phenoxy) is 1. The highest BCUT2D eigenvalue weighted by Gasteiger charge is 2.25. The van der Waals surface area contributed by atoms with Gasteiger partial charge in [-0.1, -0.05) is 12.1 Å². The van der Waals surface area contributed by atoms with Crippen molar-refractivity contribution in [3.8, 4) is 6.07 Å². The smallest absolute Gasteiger partial charge is 0.236 e. The fourth-order valence-electron chi connectivity index (χ4n) is 2.61. The first-order chi connectivity index (χ1) is 10.2. The molecule has 1 unspecified atom stereocenters. The monoisotopic (exact) mass is 287 g/mol. The fraction of sp³-hybridized carbons (Fsp3) is 0.500. The Morgan fingerprint density at radius 3 is 2.81 bits per heavy atom. The molecule has 1 amide bonds. The molecule has 0 radical (unpaired) electrons. The molecule has 2 N–H and O–H groups in total. The lowest BCUT2D eigenvalue weighted by atomic mass is 10.0. The van der Waals surface area contributed by atoms with Gasteiger partial charge in [0.05, 0.1) is 37.4 Å². The number of carbonyl (C=O) groups is 1. The summed E-state index contributed by atoms with van der Waals surface area (Å²) >= 11 is 0. The minimum absolute atomic E-state index is 0.00155. The summed E-state index contributed by atoms with van der Waals surface area (Å²) in [6.07, 6.45) is 3.14. The molecule has 5 nitrogen and oxygen atoms in total. The van der Waals surface area contributed by atoms with Crippen LogP contribution in [-0.4, -0.2) is 36.5 Å². The largest absolute Gasteiger partial charge is 0.375 e. The average Bonchev–Trinajstić information content (AvgIpc) is 2.55. The average molecular weight is 287 g/mol. The van der Waals surface area contributed by atoms with E-state index in [1.54, 1.807) is 12.1 Å². The van der Waals surface area contributed by atoms with Gasteiger partial charge in [-0.15, -0.1) is 0 Å². The predicted molar refractivity (Wildman–Crippen MR) is 79.2 cm³/mol. The topological polar surface area (TPSA) is 79.3 Å². The highest BCUT2D eigenvalue weighted by atomic mass is 16.5. The molecule has 0 spiro atoms. The molecule has 0 bridgehead atoms. The quantitative estimate of drug-likeness (QED) is 0.888. The summed E-state index contributed by atoms with van der Waals surface area (Å²) in [5.41, 5.74) is 7.13. The van der Waals surface area contributed by atoms with Crippen molar-refractivity contribution in [2.45, 2.75) is 31.9 Å². The van der Waals surface area contributed by atoms with Crippen LogP contribution >= 0.6 is 0 Å². The van der Waals surface area contributed by atoms with Gasteiger partial charge < -0.3 is 15.4 Å². The Balaban J connectivity index is 1.83. The molecule has 1 aromatic carbocycles. The van der Waals surface area contributed by atoms with Crippen molar-refractivity contribution < 1.29 is 9.53 Å². The third-order valence-corrected chi connectivity index (χ3v) is 3.78. The van der Waals surface area contributed by atoms with Gasteiger partial charge in [-0.2, -0.15) is 5.26 Å². The Morgan fingerprint density at radius 1 is 1.38 bits per heavy atom. The van der Waals surface area contributed by atoms with E-state index in [0.29, 0.717) is 18.8 Å². The number of nitriles is 1. The third-order valence-electron chi connectivity index (χ3n) is 3.78. The van der Waals surface area contributed by atoms with E-state index in [1.807, 2.05) is 17.0 Å². The number of carbonyl (C=O) groups excluding carboxylic acids is 1. The highest BCUT2D eigenvalue weighted by molar-refractivity contribution is 5.78. The third kappa shape index (κ3) is 4.28. The Bertz CT molecular complexity index is 507. The fourth-order valence-corrected chi connectivity index (χ4v) is 2.61. The molecule has 1 fully saturated rings. The normalized spacial score (nSPS) is 18.3. The summed E-state index contributed by atoms with van der Waals surface area (Å²) in [6, 6.07) is 9.57. The minimum Gasteiger partial charge on any atom is -0.375 e. The lowest BCUT2D eigenvalue weighted by Gasteiger charge is -2.35. The van der Waals surface area contributed by atoms with Crippen molar-refractivity contribution in [3.63, 3.8) is 0 Å². The van der Waals surface area contributed by atoms with E-state index in [4.69, 9.17) is 15.7 Å². The van der Waals surface area contributed by atoms with Gasteiger partial charge in [0.15, 0.2) is 0 Å². The number of rotatable bonds is 5. The zero-order chi connectivity index (χ0) is 15.1. The summed E-state index contributed by atoms with van der Waals surface area (Å²) in [5, 5.41) is 8.75. The first-order valence-electron chi connectivity index (χ1n) is 7.31. The standard InChI is InChI=1S/C16H21N3O2/c17-9-13-4-6-14(7-5-13)11-21-12-15-3-1-2-8-19(15)16(20)10-18/h4-7,15H,1-3,8,10-12,18H2. The maximum Gasteiger partial charge on any atom is 0.236 e. The molecule has 1 aliphatic heterocycles. The summed E-state index contributed by atoms with van der Waals surface area (Å²) in [5.74, 6) is 0.00155. The van der Waals surface area contributed by atoms with E-state index in [-0.39, 0.29) is 18.5 Å². The lowest BCUT2D eigenvalue weighted by Crippen LogP contribution is -2.48. The Labute approximate surface area is 125 Å². The van der Waals surface area contributed by atoms with Crippen LogP contribution in [-0.2, 0) is 16.1 Å². The number of hydrogen-bond acceptors (Lipinski definition) is 4. The van der Waals surface area contributed by atoms with Crippen LogP contribution in [0.3, 0.4) is 0 Å². The van der Waals surface area contributed by atoms with Crippen molar-refractivity contribution in [1.29, 1.82) is 5.26 Å². The Hall–Kier alpha value is -1.90. The summed E-state index contributed by atoms with van der Waals surface area (Å²) < 4.78 is 5.74. The van der Waals surface area contributed by atoms with Gasteiger partial charge in [-0.25, -0.2) is 0 Å². The molecule has 0 saturated carbocycles. The zero-order valence-electron chi connectivity index (χ0n) is 12.1. The van der Waals surface area contributed by atoms with Gasteiger partial charge >= 0.3 is 0 Å². The van der Waals surface area contributed by atoms with Crippen molar-refractivity contribution in [2.24, 2.45) is 5.73 Å². The molecular weight excluding hydrogens is 266 g/mol. The molecule has 1 heterocycles. The molecule has 1 saturated heterocycles. The van der Waals surface area contributed by atoms with Crippen LogP contribution in [0.15, 0.2) is 24.3 Å². The van der Waals surface area contributed by atoms with Gasteiger partial charge in [0.2, 0.25) is 5.91 Å². The first kappa shape index (κ1) is 15.5. The van der Waals surface area contributed by atoms with Crippen LogP contribution < -0.4 is 5.73 Å². The molecule has 0 aromatic heterocycles. The molecule has 112 valence electrons. The minimum atomic E-state index is 0.00155. The molecule has 1 atom stereocenters. The summed E-state index contributed by atoms with van der Waals surface area (Å²) in [6.45, 7) is 1.87. The molecule has 1 aromatic rings. The number of hydrogen-bond donors (Lipinski definition) is 1. The predicted octanol–water partition coefficient (Wildman–Crippen LogP) is 1.41. The van der Waals surface area contributed by atoms with Gasteiger partial charge in [-0.3, -0.25) is 4.79 Å². The highest BCUT2D eigenvalue weighted by Crippen LogP contribution is 2.18. The SMILES string of the molecule is N#Cc1ccc(COCC2CCCCN2C(=O)CN)cc1. The second-order valence-corrected chi connectivity index (χ2v) is 5.26. The van der Waals surface area contributed by atoms with Crippen LogP contribution in [0.25, 0.3) is 0 Å². The van der Waals surface area contributed by atoms with Gasteiger partial charge in [-0.05, 0) is 37.0 Å². The van der Waals surface area contributed by atoms with E-state index < -0.39 is 0 Å². The van der Waals surface area contributed by atoms with E-state index in [1.165, 1.54) is 0 Å². The number of nitrogens with two attached hydrogens (primary N) is 1. The summed E-state index contributed by atoms with van der Waals surface area (Å²) in [4.78, 5) is 13.6. The van der Waals surface area contributed by atoms with E-state index in [0.717, 1.165) is 31.4 Å². The van der Waals surface area contributed by atoms with Crippen molar-refractivity contribution in [3.05, 3.63) is 35.4 Å². The Morgan fingerprint density at radius 2 is 2.14 bits per heavy atom. The zero-order valence-corrected chi connectivity index (χ0v) is 12.1. The second kappa shape index (κ2) is 7.77. The molecule has 21 heavy (non-hydrogen) atoms. The maximum atomic E-state index is 11.8. The van der Waals surface area contributed by atoms with Gasteiger partial charge in [0.25, 0.3) is 0 Å². The molecule has 2 rings (SSSR count). The molecule has 5 heteroatoms. The van der Waals surface area contributed by atoms with Gasteiger partial charge in [0.1, 0.15) is 0 Å². The number of amides is 1. The van der Waals surface area contributed by atoms with Crippen LogP contribution in [0.2, 0.25) is 0 Å². The van der Waals surface area contributed by atoms with Crippen molar-refractivity contribution in [2.75, 3.05) is 19.7 Å². The van der Waals surface area contributed by atoms with Gasteiger partial charge in [0, 0.05) is 6.54 Å². The number of nitrogens with zero attached hydrogens (tertiary/aromatic N) is 2. The van der Waals surface area contributed by atoms with Crippen molar-refractivity contribution >= 4 is 5.91 Å². The van der Waals surface area contributed by atoms with E-state index in [9.17, 15) is 4.79 Å². The van der Waals surface area contributed by atoms with Crippen molar-refractivity contribution in [1.82, 2.24) is 4.90 Å². The van der Waals surface area contributed by atoms with Crippen LogP contribution in [0, 0.1) is 11.3 Å². The number of likely N-dealkylation sites (tertiary alicyclic amines) is 1. The molecular formula is C16H21N3O2. The first-order valence-corrected chi connectivity index (χ1v) is 7.31. The van der Waals surface area contributed by atoms with Crippen LogP contribution in [0.5, 0.6) is 0 Å². The van der Waals surface area contributed by atoms with Crippen LogP contribution in [0.1, 0.15) is 30.4 Å². The van der Waals surface area contributed by atoms with E-state index >= 15 is 0 Å². The van der Waals surface area contributed by atoms with E-state index in [2.05, 4.69) is 6.07 Å². The maximum absolute atomic E-state index is 11.8. The summed E-state index contributed by atoms with van der Waals surface area (Å²) in [7, 11) is 0. The number of piperidine rings is 1.